The molecule has 2 heterocycles. The van der Waals surface area contributed by atoms with E-state index in [1.807, 2.05) is 46.2 Å². The van der Waals surface area contributed by atoms with Gasteiger partial charge in [-0.25, -0.2) is 13.2 Å². The maximum absolute atomic E-state index is 13.1. The molecule has 0 N–H and O–H groups in total. The Hall–Kier alpha value is -2.46. The Balaban J connectivity index is 1.34. The number of carbonyl (C=O) groups excluding carboxylic acids is 1. The van der Waals surface area contributed by atoms with Gasteiger partial charge in [-0.2, -0.15) is 4.31 Å². The number of morpholine rings is 1. The molecule has 8 nitrogen and oxygen atoms in total. The monoisotopic (exact) mass is 472 g/mol. The molecule has 0 aliphatic carbocycles. The first-order valence-corrected chi connectivity index (χ1v) is 12.8. The highest BCUT2D eigenvalue weighted by molar-refractivity contribution is 7.89. The standard InChI is InChI=1S/C24H32N4O4S/c1-25(19-21-6-3-2-4-7-21)33(30,31)23-9-5-8-22(18-23)20-26-10-12-27(13-11-26)24(29)28-14-16-32-17-15-28/h2-9,18H,10-17,19-20H2,1H3. The summed E-state index contributed by atoms with van der Waals surface area (Å²) in [5, 5.41) is 0. The second-order valence-electron chi connectivity index (χ2n) is 8.54. The topological polar surface area (TPSA) is 73.4 Å². The SMILES string of the molecule is CN(Cc1ccccc1)S(=O)(=O)c1cccc(CN2CCN(C(=O)N3CCOCC3)CC2)c1. The van der Waals surface area contributed by atoms with Gasteiger partial charge < -0.3 is 14.5 Å². The number of nitrogens with zero attached hydrogens (tertiary/aromatic N) is 4. The third-order valence-electron chi connectivity index (χ3n) is 6.19. The molecule has 4 rings (SSSR count). The van der Waals surface area contributed by atoms with Crippen LogP contribution in [0.3, 0.4) is 0 Å². The van der Waals surface area contributed by atoms with Crippen LogP contribution in [0.15, 0.2) is 59.5 Å². The van der Waals surface area contributed by atoms with Crippen molar-refractivity contribution < 1.29 is 17.9 Å². The summed E-state index contributed by atoms with van der Waals surface area (Å²) < 4.78 is 32.9. The van der Waals surface area contributed by atoms with Crippen LogP contribution in [0.4, 0.5) is 4.79 Å². The Kier molecular flexibility index (Phi) is 7.64. The van der Waals surface area contributed by atoms with Gasteiger partial charge in [-0.15, -0.1) is 0 Å². The molecule has 2 aromatic carbocycles. The lowest BCUT2D eigenvalue weighted by atomic mass is 10.2. The lowest BCUT2D eigenvalue weighted by Crippen LogP contribution is -2.54. The minimum atomic E-state index is -3.59. The van der Waals surface area contributed by atoms with Crippen LogP contribution < -0.4 is 0 Å². The molecule has 178 valence electrons. The first kappa shape index (κ1) is 23.7. The smallest absolute Gasteiger partial charge is 0.320 e. The van der Waals surface area contributed by atoms with Crippen molar-refractivity contribution >= 4 is 16.1 Å². The van der Waals surface area contributed by atoms with Crippen LogP contribution in [-0.2, 0) is 27.8 Å². The second kappa shape index (κ2) is 10.6. The van der Waals surface area contributed by atoms with Gasteiger partial charge in [0.15, 0.2) is 0 Å². The first-order chi connectivity index (χ1) is 15.9. The zero-order valence-corrected chi connectivity index (χ0v) is 19.9. The molecule has 9 heteroatoms. The van der Waals surface area contributed by atoms with Crippen molar-refractivity contribution in [1.29, 1.82) is 0 Å². The first-order valence-electron chi connectivity index (χ1n) is 11.4. The Bertz CT molecular complexity index is 1030. The number of sulfonamides is 1. The van der Waals surface area contributed by atoms with Crippen LogP contribution in [0, 0.1) is 0 Å². The average Bonchev–Trinajstić information content (AvgIpc) is 2.85. The number of urea groups is 1. The zero-order chi connectivity index (χ0) is 23.3. The van der Waals surface area contributed by atoms with E-state index in [1.165, 1.54) is 4.31 Å². The van der Waals surface area contributed by atoms with E-state index >= 15 is 0 Å². The van der Waals surface area contributed by atoms with Crippen LogP contribution in [0.1, 0.15) is 11.1 Å². The fraction of sp³-hybridized carbons (Fsp3) is 0.458. The zero-order valence-electron chi connectivity index (χ0n) is 19.1. The molecular weight excluding hydrogens is 440 g/mol. The summed E-state index contributed by atoms with van der Waals surface area (Å²) in [6, 6.07) is 16.8. The van der Waals surface area contributed by atoms with Crippen LogP contribution in [0.5, 0.6) is 0 Å². The van der Waals surface area contributed by atoms with E-state index in [-0.39, 0.29) is 6.03 Å². The number of hydrogen-bond donors (Lipinski definition) is 0. The number of ether oxygens (including phenoxy) is 1. The molecule has 0 unspecified atom stereocenters. The van der Waals surface area contributed by atoms with Gasteiger partial charge in [-0.1, -0.05) is 42.5 Å². The molecule has 0 radical (unpaired) electrons. The molecule has 2 saturated heterocycles. The van der Waals surface area contributed by atoms with Gasteiger partial charge in [0.25, 0.3) is 0 Å². The third-order valence-corrected chi connectivity index (χ3v) is 7.98. The van der Waals surface area contributed by atoms with Crippen LogP contribution in [0.25, 0.3) is 0 Å². The van der Waals surface area contributed by atoms with E-state index in [9.17, 15) is 13.2 Å². The molecule has 0 bridgehead atoms. The molecule has 2 amide bonds. The highest BCUT2D eigenvalue weighted by atomic mass is 32.2. The molecule has 2 aromatic rings. The van der Waals surface area contributed by atoms with Crippen molar-refractivity contribution in [2.24, 2.45) is 0 Å². The molecule has 0 aromatic heterocycles. The minimum absolute atomic E-state index is 0.0903. The van der Waals surface area contributed by atoms with Gasteiger partial charge >= 0.3 is 6.03 Å². The molecule has 0 saturated carbocycles. The second-order valence-corrected chi connectivity index (χ2v) is 10.6. The average molecular weight is 473 g/mol. The van der Waals surface area contributed by atoms with E-state index in [0.717, 1.165) is 24.2 Å². The largest absolute Gasteiger partial charge is 0.378 e. The van der Waals surface area contributed by atoms with Gasteiger partial charge in [0.2, 0.25) is 10.0 Å². The predicted octanol–water partition coefficient (Wildman–Crippen LogP) is 2.08. The summed E-state index contributed by atoms with van der Waals surface area (Å²) in [4.78, 5) is 19.0. The number of rotatable bonds is 6. The van der Waals surface area contributed by atoms with Gasteiger partial charge in [0.1, 0.15) is 0 Å². The van der Waals surface area contributed by atoms with Crippen LogP contribution in [0.2, 0.25) is 0 Å². The Morgan fingerprint density at radius 3 is 2.21 bits per heavy atom. The van der Waals surface area contributed by atoms with E-state index in [1.54, 1.807) is 25.2 Å². The number of piperazine rings is 1. The lowest BCUT2D eigenvalue weighted by Gasteiger charge is -2.38. The van der Waals surface area contributed by atoms with Crippen molar-refractivity contribution in [2.75, 3.05) is 59.5 Å². The van der Waals surface area contributed by atoms with Crippen molar-refractivity contribution in [3.63, 3.8) is 0 Å². The maximum atomic E-state index is 13.1. The van der Waals surface area contributed by atoms with E-state index in [4.69, 9.17) is 4.74 Å². The van der Waals surface area contributed by atoms with Gasteiger partial charge in [-0.05, 0) is 23.3 Å². The quantitative estimate of drug-likeness (QED) is 0.644. The van der Waals surface area contributed by atoms with E-state index < -0.39 is 10.0 Å². The summed E-state index contributed by atoms with van der Waals surface area (Å²) >= 11 is 0. The van der Waals surface area contributed by atoms with Crippen LogP contribution >= 0.6 is 0 Å². The highest BCUT2D eigenvalue weighted by Crippen LogP contribution is 2.20. The Labute approximate surface area is 196 Å². The molecule has 2 fully saturated rings. The van der Waals surface area contributed by atoms with Gasteiger partial charge in [0, 0.05) is 59.4 Å². The third kappa shape index (κ3) is 5.92. The number of amides is 2. The molecule has 2 aliphatic rings. The van der Waals surface area contributed by atoms with E-state index in [2.05, 4.69) is 4.90 Å². The summed E-state index contributed by atoms with van der Waals surface area (Å²) in [5.74, 6) is 0. The predicted molar refractivity (Wildman–Crippen MR) is 126 cm³/mol. The number of carbonyl (C=O) groups is 1. The van der Waals surface area contributed by atoms with E-state index in [0.29, 0.717) is 57.4 Å². The maximum Gasteiger partial charge on any atom is 0.320 e. The summed E-state index contributed by atoms with van der Waals surface area (Å²) in [6.07, 6.45) is 0. The Morgan fingerprint density at radius 1 is 0.879 bits per heavy atom. The van der Waals surface area contributed by atoms with Crippen molar-refractivity contribution in [3.05, 3.63) is 65.7 Å². The molecule has 2 aliphatic heterocycles. The molecule has 33 heavy (non-hydrogen) atoms. The van der Waals surface area contributed by atoms with Crippen LogP contribution in [-0.4, -0.2) is 93.0 Å². The Morgan fingerprint density at radius 2 is 1.52 bits per heavy atom. The molecule has 0 atom stereocenters. The number of benzene rings is 2. The minimum Gasteiger partial charge on any atom is -0.378 e. The van der Waals surface area contributed by atoms with Crippen molar-refractivity contribution in [1.82, 2.24) is 19.0 Å². The summed E-state index contributed by atoms with van der Waals surface area (Å²) in [6.45, 7) is 6.37. The number of hydrogen-bond acceptors (Lipinski definition) is 5. The summed E-state index contributed by atoms with van der Waals surface area (Å²) in [7, 11) is -1.98. The van der Waals surface area contributed by atoms with Crippen molar-refractivity contribution in [3.8, 4) is 0 Å². The highest BCUT2D eigenvalue weighted by Gasteiger charge is 2.27. The van der Waals surface area contributed by atoms with Gasteiger partial charge in [-0.3, -0.25) is 4.90 Å². The van der Waals surface area contributed by atoms with Crippen molar-refractivity contribution in [2.45, 2.75) is 18.0 Å². The fourth-order valence-corrected chi connectivity index (χ4v) is 5.45. The van der Waals surface area contributed by atoms with Gasteiger partial charge in [0.05, 0.1) is 18.1 Å². The lowest BCUT2D eigenvalue weighted by molar-refractivity contribution is 0.0373. The summed E-state index contributed by atoms with van der Waals surface area (Å²) in [5.41, 5.74) is 1.90. The molecular formula is C24H32N4O4S. The fourth-order valence-electron chi connectivity index (χ4n) is 4.22. The normalized spacial score (nSPS) is 18.0. The molecule has 0 spiro atoms.